The second-order valence-electron chi connectivity index (χ2n) is 4.21. The lowest BCUT2D eigenvalue weighted by Crippen LogP contribution is -1.94. The Hall–Kier alpha value is -2.33. The Balaban J connectivity index is 0.000000150. The minimum atomic E-state index is -0.958. The molecule has 0 radical (unpaired) electrons. The first kappa shape index (κ1) is 20.0. The van der Waals surface area contributed by atoms with Gasteiger partial charge in [0.25, 0.3) is 0 Å². The van der Waals surface area contributed by atoms with Gasteiger partial charge in [-0.25, -0.2) is 4.79 Å². The number of nitrogens with zero attached hydrogens (tertiary/aromatic N) is 3. The summed E-state index contributed by atoms with van der Waals surface area (Å²) in [6.45, 7) is 0. The number of benzene rings is 1. The van der Waals surface area contributed by atoms with Crippen LogP contribution in [-0.2, 0) is 0 Å². The Labute approximate surface area is 168 Å². The molecule has 1 aromatic carbocycles. The van der Waals surface area contributed by atoms with Crippen molar-refractivity contribution in [3.05, 3.63) is 35.6 Å². The molecule has 0 saturated carbocycles. The molecule has 0 amide bonds. The van der Waals surface area contributed by atoms with Gasteiger partial charge < -0.3 is 10.8 Å². The number of aromatic nitrogens is 7. The van der Waals surface area contributed by atoms with Gasteiger partial charge in [0.2, 0.25) is 5.13 Å². The highest BCUT2D eigenvalue weighted by Gasteiger charge is 2.04. The van der Waals surface area contributed by atoms with Crippen molar-refractivity contribution in [2.75, 3.05) is 5.73 Å². The summed E-state index contributed by atoms with van der Waals surface area (Å²) in [6.07, 6.45) is 0. The van der Waals surface area contributed by atoms with Gasteiger partial charge in [-0.1, -0.05) is 22.7 Å². The molecule has 3 aromatic heterocycles. The van der Waals surface area contributed by atoms with Crippen molar-refractivity contribution in [1.29, 1.82) is 0 Å². The molecule has 10 nitrogen and oxygen atoms in total. The highest BCUT2D eigenvalue weighted by Crippen LogP contribution is 2.09. The Morgan fingerprint density at radius 1 is 1.00 bits per heavy atom. The van der Waals surface area contributed by atoms with E-state index in [-0.39, 0.29) is 5.56 Å². The predicted octanol–water partition coefficient (Wildman–Crippen LogP) is 3.30. The summed E-state index contributed by atoms with van der Waals surface area (Å²) in [6, 6.07) is 4.58. The number of carboxylic acids is 1. The van der Waals surface area contributed by atoms with E-state index in [2.05, 4.69) is 48.0 Å². The van der Waals surface area contributed by atoms with E-state index in [1.54, 1.807) is 6.07 Å². The Morgan fingerprint density at radius 2 is 1.65 bits per heavy atom. The summed E-state index contributed by atoms with van der Waals surface area (Å²) < 4.78 is 2.02. The lowest BCUT2D eigenvalue weighted by Gasteiger charge is -1.90. The largest absolute Gasteiger partial charge is 0.478 e. The molecule has 7 N–H and O–H groups in total. The number of carboxylic acid groups (broad SMARTS) is 1. The Morgan fingerprint density at radius 3 is 2.08 bits per heavy atom. The molecule has 0 aliphatic heterocycles. The lowest BCUT2D eigenvalue weighted by molar-refractivity contribution is 0.0697. The number of nitrogens with one attached hydrogen (secondary N) is 4. The average molecular weight is 447 g/mol. The van der Waals surface area contributed by atoms with Gasteiger partial charge in [-0.15, -0.1) is 5.10 Å². The lowest BCUT2D eigenvalue weighted by atomic mass is 10.2. The monoisotopic (exact) mass is 446 g/mol. The van der Waals surface area contributed by atoms with Gasteiger partial charge in [0, 0.05) is 0 Å². The van der Waals surface area contributed by atoms with E-state index in [1.807, 2.05) is 0 Å². The summed E-state index contributed by atoms with van der Waals surface area (Å²) in [4.78, 5) is 10.5. The van der Waals surface area contributed by atoms with Gasteiger partial charge >= 0.3 is 5.97 Å². The van der Waals surface area contributed by atoms with Crippen LogP contribution in [-0.4, -0.2) is 46.9 Å². The first-order valence-corrected chi connectivity index (χ1v) is 9.33. The molecule has 0 saturated heterocycles. The first-order chi connectivity index (χ1) is 12.3. The van der Waals surface area contributed by atoms with Gasteiger partial charge in [-0.3, -0.25) is 15.3 Å². The van der Waals surface area contributed by atoms with Crippen LogP contribution in [0.3, 0.4) is 0 Å². The van der Waals surface area contributed by atoms with Gasteiger partial charge in [-0.2, -0.15) is 15.4 Å². The summed E-state index contributed by atoms with van der Waals surface area (Å²) in [5.74, 6) is -0.958. The molecule has 15 heteroatoms. The zero-order valence-corrected chi connectivity index (χ0v) is 16.6. The molecule has 26 heavy (non-hydrogen) atoms. The van der Waals surface area contributed by atoms with Gasteiger partial charge in [-0.05, 0) is 54.9 Å². The molecular weight excluding hydrogens is 437 g/mol. The molecule has 0 aliphatic rings. The third kappa shape index (κ3) is 6.19. The topological polar surface area (TPSA) is 165 Å². The number of aromatic carboxylic acids is 1. The van der Waals surface area contributed by atoms with Crippen molar-refractivity contribution >= 4 is 81.5 Å². The van der Waals surface area contributed by atoms with Crippen LogP contribution in [0.15, 0.2) is 18.2 Å². The second-order valence-corrected chi connectivity index (χ2v) is 8.26. The van der Waals surface area contributed by atoms with Crippen LogP contribution in [0.4, 0.5) is 5.13 Å². The fourth-order valence-electron chi connectivity index (χ4n) is 1.45. The van der Waals surface area contributed by atoms with Gasteiger partial charge in [0.1, 0.15) is 11.0 Å². The van der Waals surface area contributed by atoms with Crippen LogP contribution in [0, 0.1) is 11.9 Å². The summed E-state index contributed by atoms with van der Waals surface area (Å²) in [7, 11) is 0. The Kier molecular flexibility index (Phi) is 7.22. The maximum Gasteiger partial charge on any atom is 0.335 e. The zero-order valence-electron chi connectivity index (χ0n) is 12.5. The molecule has 3 heterocycles. The molecule has 0 aliphatic carbocycles. The molecular formula is C11H10N8O2S5. The number of rotatable bonds is 1. The minimum absolute atomic E-state index is 0.219. The van der Waals surface area contributed by atoms with Crippen molar-refractivity contribution in [3.8, 4) is 0 Å². The van der Waals surface area contributed by atoms with Crippen LogP contribution in [0.1, 0.15) is 10.4 Å². The van der Waals surface area contributed by atoms with Crippen molar-refractivity contribution in [3.63, 3.8) is 0 Å². The number of carbonyl (C=O) groups is 1. The number of fused-ring (bicyclic) bond motifs is 1. The summed E-state index contributed by atoms with van der Waals surface area (Å²) >= 11 is 16.7. The number of anilines is 1. The normalized spacial score (nSPS) is 9.69. The van der Waals surface area contributed by atoms with Crippen LogP contribution in [0.5, 0.6) is 0 Å². The standard InChI is InChI=1S/C7H5N3O2.C2H3N3S2.C2H2N2S3/c11-7(12)4-1-2-5-6(3-4)9-10-8-5;3-1-4-5-2(6)7-1;5-1-3-4-2(6)7-1/h1-3H,(H,11,12)(H,8,9,10);(H2,3,4)(H,5,6);(H,3,5)(H,4,6). The molecule has 4 rings (SSSR count). The summed E-state index contributed by atoms with van der Waals surface area (Å²) in [5.41, 5.74) is 6.64. The zero-order chi connectivity index (χ0) is 19.1. The molecule has 4 aromatic rings. The number of nitrogen functional groups attached to an aromatic ring is 1. The molecule has 0 spiro atoms. The van der Waals surface area contributed by atoms with Crippen LogP contribution in [0.25, 0.3) is 11.0 Å². The van der Waals surface area contributed by atoms with Crippen LogP contribution >= 0.6 is 59.3 Å². The quantitative estimate of drug-likeness (QED) is 0.240. The Bertz CT molecular complexity index is 1140. The molecule has 0 fully saturated rings. The fourth-order valence-corrected chi connectivity index (χ4v) is 3.26. The number of H-pyrrole nitrogens is 4. The number of hydrogen-bond donors (Lipinski definition) is 6. The van der Waals surface area contributed by atoms with Crippen molar-refractivity contribution in [2.24, 2.45) is 0 Å². The van der Waals surface area contributed by atoms with Crippen molar-refractivity contribution < 1.29 is 9.90 Å². The molecule has 0 unspecified atom stereocenters. The first-order valence-electron chi connectivity index (χ1n) is 6.47. The predicted molar refractivity (Wildman–Crippen MR) is 107 cm³/mol. The minimum Gasteiger partial charge on any atom is -0.478 e. The van der Waals surface area contributed by atoms with Crippen LogP contribution < -0.4 is 5.73 Å². The van der Waals surface area contributed by atoms with E-state index >= 15 is 0 Å². The second kappa shape index (κ2) is 9.39. The number of aromatic amines is 4. The molecule has 0 atom stereocenters. The third-order valence-corrected chi connectivity index (χ3v) is 4.67. The smallest absolute Gasteiger partial charge is 0.335 e. The van der Waals surface area contributed by atoms with Crippen molar-refractivity contribution in [1.82, 2.24) is 35.8 Å². The van der Waals surface area contributed by atoms with E-state index in [1.165, 1.54) is 34.8 Å². The number of hydrogen-bond acceptors (Lipinski definition) is 10. The highest BCUT2D eigenvalue weighted by atomic mass is 32.2. The average Bonchev–Trinajstić information content (AvgIpc) is 3.30. The fraction of sp³-hybridized carbons (Fsp3) is 0. The van der Waals surface area contributed by atoms with E-state index in [9.17, 15) is 4.79 Å². The van der Waals surface area contributed by atoms with E-state index in [0.29, 0.717) is 28.0 Å². The summed E-state index contributed by atoms with van der Waals surface area (Å²) in [5, 5.41) is 30.5. The van der Waals surface area contributed by atoms with E-state index in [0.717, 1.165) is 0 Å². The maximum atomic E-state index is 10.5. The maximum absolute atomic E-state index is 10.5. The van der Waals surface area contributed by atoms with Crippen molar-refractivity contribution in [2.45, 2.75) is 0 Å². The number of nitrogens with two attached hydrogens (primary N) is 1. The van der Waals surface area contributed by atoms with Gasteiger partial charge in [0.05, 0.1) is 5.56 Å². The molecule has 136 valence electrons. The molecule has 0 bridgehead atoms. The SMILES string of the molecule is Nc1n[nH]c(=S)s1.O=C(O)c1ccc2n[nH]nc2c1.S=c1[nH][nH]c(=S)s1. The van der Waals surface area contributed by atoms with Crippen LogP contribution in [0.2, 0.25) is 0 Å². The van der Waals surface area contributed by atoms with E-state index in [4.69, 9.17) is 35.3 Å². The van der Waals surface area contributed by atoms with E-state index < -0.39 is 5.97 Å². The van der Waals surface area contributed by atoms with Gasteiger partial charge in [0.15, 0.2) is 11.9 Å². The highest BCUT2D eigenvalue weighted by molar-refractivity contribution is 7.75. The third-order valence-electron chi connectivity index (χ3n) is 2.47.